The standard InChI is InChI=1S/C17H15ClN2/c1-12-16(11-19-14-9-7-13(18)8-10-14)15-5-3-4-6-17(15)20(12)2/h3-11H,1-2H3. The predicted octanol–water partition coefficient (Wildman–Crippen LogP) is 4.89. The Hall–Kier alpha value is -2.06. The molecular weight excluding hydrogens is 268 g/mol. The number of rotatable bonds is 2. The topological polar surface area (TPSA) is 17.3 Å². The van der Waals surface area contributed by atoms with Crippen LogP contribution >= 0.6 is 11.6 Å². The van der Waals surface area contributed by atoms with Crippen LogP contribution in [-0.4, -0.2) is 10.8 Å². The van der Waals surface area contributed by atoms with Crippen molar-refractivity contribution < 1.29 is 0 Å². The molecule has 2 aromatic carbocycles. The monoisotopic (exact) mass is 282 g/mol. The van der Waals surface area contributed by atoms with Crippen LogP contribution < -0.4 is 0 Å². The van der Waals surface area contributed by atoms with E-state index in [0.29, 0.717) is 0 Å². The highest BCUT2D eigenvalue weighted by molar-refractivity contribution is 6.30. The Morgan fingerprint density at radius 2 is 1.75 bits per heavy atom. The minimum atomic E-state index is 0.727. The fourth-order valence-electron chi connectivity index (χ4n) is 2.38. The summed E-state index contributed by atoms with van der Waals surface area (Å²) in [5.41, 5.74) is 4.51. The van der Waals surface area contributed by atoms with Crippen molar-refractivity contribution in [2.24, 2.45) is 12.0 Å². The molecule has 2 nitrogen and oxygen atoms in total. The first-order chi connectivity index (χ1) is 9.66. The van der Waals surface area contributed by atoms with Crippen molar-refractivity contribution in [2.45, 2.75) is 6.92 Å². The second-order valence-corrected chi connectivity index (χ2v) is 5.25. The van der Waals surface area contributed by atoms with Crippen LogP contribution in [0.25, 0.3) is 10.9 Å². The molecule has 0 amide bonds. The zero-order valence-electron chi connectivity index (χ0n) is 11.5. The lowest BCUT2D eigenvalue weighted by molar-refractivity contribution is 0.917. The Labute approximate surface area is 123 Å². The highest BCUT2D eigenvalue weighted by Gasteiger charge is 2.08. The second-order valence-electron chi connectivity index (χ2n) is 4.81. The zero-order chi connectivity index (χ0) is 14.1. The minimum Gasteiger partial charge on any atom is -0.347 e. The lowest BCUT2D eigenvalue weighted by Gasteiger charge is -1.97. The fourth-order valence-corrected chi connectivity index (χ4v) is 2.51. The van der Waals surface area contributed by atoms with E-state index in [-0.39, 0.29) is 0 Å². The van der Waals surface area contributed by atoms with E-state index < -0.39 is 0 Å². The van der Waals surface area contributed by atoms with Gasteiger partial charge in [0.1, 0.15) is 0 Å². The van der Waals surface area contributed by atoms with Gasteiger partial charge in [-0.1, -0.05) is 29.8 Å². The van der Waals surface area contributed by atoms with Crippen LogP contribution in [-0.2, 0) is 7.05 Å². The quantitative estimate of drug-likeness (QED) is 0.596. The number of para-hydroxylation sites is 1. The van der Waals surface area contributed by atoms with Gasteiger partial charge in [-0.05, 0) is 37.3 Å². The van der Waals surface area contributed by atoms with E-state index in [9.17, 15) is 0 Å². The molecule has 3 heteroatoms. The van der Waals surface area contributed by atoms with Gasteiger partial charge in [0, 0.05) is 40.4 Å². The molecule has 1 heterocycles. The second kappa shape index (κ2) is 5.14. The number of hydrogen-bond donors (Lipinski definition) is 0. The average Bonchev–Trinajstić information content (AvgIpc) is 2.71. The molecule has 100 valence electrons. The summed E-state index contributed by atoms with van der Waals surface area (Å²) >= 11 is 5.88. The Balaban J connectivity index is 2.06. The summed E-state index contributed by atoms with van der Waals surface area (Å²) in [6.45, 7) is 2.11. The molecule has 0 radical (unpaired) electrons. The number of benzene rings is 2. The first-order valence-electron chi connectivity index (χ1n) is 6.50. The average molecular weight is 283 g/mol. The maximum Gasteiger partial charge on any atom is 0.0630 e. The Kier molecular flexibility index (Phi) is 3.33. The molecule has 0 unspecified atom stereocenters. The first-order valence-corrected chi connectivity index (χ1v) is 6.88. The SMILES string of the molecule is Cc1c(C=Nc2ccc(Cl)cc2)c2ccccc2n1C. The van der Waals surface area contributed by atoms with E-state index in [1.165, 1.54) is 16.6 Å². The third-order valence-electron chi connectivity index (χ3n) is 3.62. The molecule has 0 aliphatic carbocycles. The van der Waals surface area contributed by atoms with Crippen LogP contribution in [0.3, 0.4) is 0 Å². The van der Waals surface area contributed by atoms with Crippen LogP contribution in [0.2, 0.25) is 5.02 Å². The van der Waals surface area contributed by atoms with Gasteiger partial charge < -0.3 is 4.57 Å². The summed E-state index contributed by atoms with van der Waals surface area (Å²) in [7, 11) is 2.08. The Bertz CT molecular complexity index is 783. The van der Waals surface area contributed by atoms with Gasteiger partial charge in [-0.25, -0.2) is 0 Å². The minimum absolute atomic E-state index is 0.727. The summed E-state index contributed by atoms with van der Waals surface area (Å²) in [5.74, 6) is 0. The van der Waals surface area contributed by atoms with Crippen molar-refractivity contribution in [3.63, 3.8) is 0 Å². The number of aromatic nitrogens is 1. The summed E-state index contributed by atoms with van der Waals surface area (Å²) in [6, 6.07) is 15.9. The Morgan fingerprint density at radius 3 is 2.50 bits per heavy atom. The summed E-state index contributed by atoms with van der Waals surface area (Å²) in [6.07, 6.45) is 1.93. The van der Waals surface area contributed by atoms with Crippen LogP contribution in [0.5, 0.6) is 0 Å². The molecule has 0 saturated carbocycles. The summed E-state index contributed by atoms with van der Waals surface area (Å²) in [5, 5.41) is 1.95. The molecule has 3 aromatic rings. The summed E-state index contributed by atoms with van der Waals surface area (Å²) < 4.78 is 2.19. The highest BCUT2D eigenvalue weighted by Crippen LogP contribution is 2.24. The molecule has 20 heavy (non-hydrogen) atoms. The molecule has 0 spiro atoms. The van der Waals surface area contributed by atoms with E-state index in [1.54, 1.807) is 0 Å². The molecule has 0 aliphatic rings. The smallest absolute Gasteiger partial charge is 0.0630 e. The number of nitrogens with zero attached hydrogens (tertiary/aromatic N) is 2. The van der Waals surface area contributed by atoms with Crippen molar-refractivity contribution in [3.05, 3.63) is 64.8 Å². The van der Waals surface area contributed by atoms with Gasteiger partial charge in [0.2, 0.25) is 0 Å². The van der Waals surface area contributed by atoms with Crippen molar-refractivity contribution in [2.75, 3.05) is 0 Å². The largest absolute Gasteiger partial charge is 0.347 e. The van der Waals surface area contributed by atoms with Crippen molar-refractivity contribution in [1.29, 1.82) is 0 Å². The normalized spacial score (nSPS) is 11.6. The van der Waals surface area contributed by atoms with Gasteiger partial charge in [0.25, 0.3) is 0 Å². The Morgan fingerprint density at radius 1 is 1.05 bits per heavy atom. The molecule has 0 saturated heterocycles. The number of aryl methyl sites for hydroxylation is 1. The zero-order valence-corrected chi connectivity index (χ0v) is 12.2. The van der Waals surface area contributed by atoms with E-state index in [2.05, 4.69) is 47.8 Å². The van der Waals surface area contributed by atoms with E-state index >= 15 is 0 Å². The number of hydrogen-bond acceptors (Lipinski definition) is 1. The van der Waals surface area contributed by atoms with Crippen LogP contribution in [0.15, 0.2) is 53.5 Å². The van der Waals surface area contributed by atoms with Crippen LogP contribution in [0.4, 0.5) is 5.69 Å². The molecule has 0 aliphatic heterocycles. The molecule has 3 rings (SSSR count). The first kappa shape index (κ1) is 12.9. The van der Waals surface area contributed by atoms with Gasteiger partial charge in [-0.2, -0.15) is 0 Å². The van der Waals surface area contributed by atoms with Gasteiger partial charge in [0.05, 0.1) is 5.69 Å². The molecule has 1 aromatic heterocycles. The van der Waals surface area contributed by atoms with Crippen LogP contribution in [0, 0.1) is 6.92 Å². The van der Waals surface area contributed by atoms with Gasteiger partial charge in [-0.15, -0.1) is 0 Å². The lowest BCUT2D eigenvalue weighted by Crippen LogP contribution is -1.91. The predicted molar refractivity (Wildman–Crippen MR) is 86.4 cm³/mol. The molecule has 0 atom stereocenters. The van der Waals surface area contributed by atoms with Gasteiger partial charge >= 0.3 is 0 Å². The van der Waals surface area contributed by atoms with E-state index in [0.717, 1.165) is 16.3 Å². The lowest BCUT2D eigenvalue weighted by atomic mass is 10.1. The third kappa shape index (κ3) is 2.23. The number of aliphatic imine (C=N–C) groups is 1. The van der Waals surface area contributed by atoms with E-state index in [1.807, 2.05) is 30.5 Å². The summed E-state index contributed by atoms with van der Waals surface area (Å²) in [4.78, 5) is 4.54. The molecule has 0 bridgehead atoms. The molecule has 0 fully saturated rings. The highest BCUT2D eigenvalue weighted by atomic mass is 35.5. The van der Waals surface area contributed by atoms with Gasteiger partial charge in [-0.3, -0.25) is 4.99 Å². The number of halogens is 1. The van der Waals surface area contributed by atoms with Crippen molar-refractivity contribution >= 4 is 34.4 Å². The van der Waals surface area contributed by atoms with Crippen molar-refractivity contribution in [3.8, 4) is 0 Å². The maximum atomic E-state index is 5.88. The molecular formula is C17H15ClN2. The fraction of sp³-hybridized carbons (Fsp3) is 0.118. The third-order valence-corrected chi connectivity index (χ3v) is 3.87. The number of fused-ring (bicyclic) bond motifs is 1. The molecule has 0 N–H and O–H groups in total. The van der Waals surface area contributed by atoms with E-state index in [4.69, 9.17) is 11.6 Å². The van der Waals surface area contributed by atoms with Crippen molar-refractivity contribution in [1.82, 2.24) is 4.57 Å². The van der Waals surface area contributed by atoms with Crippen LogP contribution in [0.1, 0.15) is 11.3 Å². The maximum absolute atomic E-state index is 5.88. The van der Waals surface area contributed by atoms with Gasteiger partial charge in [0.15, 0.2) is 0 Å².